The minimum atomic E-state index is -4.13. The van der Waals surface area contributed by atoms with Gasteiger partial charge >= 0.3 is 0 Å². The smallest absolute Gasteiger partial charge is 0.284 e. The molecule has 0 aliphatic rings. The number of hydrogen-bond acceptors (Lipinski definition) is 9. The zero-order chi connectivity index (χ0) is 26.1. The molecule has 0 aliphatic carbocycles. The van der Waals surface area contributed by atoms with Crippen LogP contribution in [0.5, 0.6) is 5.75 Å². The van der Waals surface area contributed by atoms with Crippen LogP contribution in [-0.4, -0.2) is 45.3 Å². The highest BCUT2D eigenvalue weighted by Crippen LogP contribution is 2.30. The van der Waals surface area contributed by atoms with Crippen LogP contribution in [0.3, 0.4) is 0 Å². The van der Waals surface area contributed by atoms with Gasteiger partial charge in [-0.05, 0) is 42.5 Å². The Hall–Kier alpha value is -5.10. The van der Waals surface area contributed by atoms with E-state index in [4.69, 9.17) is 9.84 Å². The molecule has 0 saturated heterocycles. The molecule has 0 fully saturated rings. The molecule has 38 heavy (non-hydrogen) atoms. The zero-order valence-electron chi connectivity index (χ0n) is 20.0. The van der Waals surface area contributed by atoms with Crippen LogP contribution in [-0.2, 0) is 10.0 Å². The lowest BCUT2D eigenvalue weighted by Gasteiger charge is -2.23. The van der Waals surface area contributed by atoms with E-state index in [9.17, 15) is 8.42 Å². The van der Waals surface area contributed by atoms with Crippen molar-refractivity contribution in [3.05, 3.63) is 97.3 Å². The number of methoxy groups -OCH3 is 1. The minimum absolute atomic E-state index is 0.0635. The predicted molar refractivity (Wildman–Crippen MR) is 142 cm³/mol. The number of ether oxygens (including phenoxy) is 1. The number of nitrogens with zero attached hydrogens (tertiary/aromatic N) is 7. The first-order valence-corrected chi connectivity index (χ1v) is 12.9. The lowest BCUT2D eigenvalue weighted by molar-refractivity contribution is 0.415. The van der Waals surface area contributed by atoms with E-state index in [0.29, 0.717) is 22.6 Å². The van der Waals surface area contributed by atoms with Gasteiger partial charge in [0.05, 0.1) is 12.0 Å². The Morgan fingerprint density at radius 3 is 2.21 bits per heavy atom. The number of sulfonamides is 1. The van der Waals surface area contributed by atoms with Crippen LogP contribution in [0.4, 0.5) is 11.8 Å². The molecule has 0 saturated carbocycles. The highest BCUT2D eigenvalue weighted by molar-refractivity contribution is 7.92. The molecule has 3 heterocycles. The molecule has 1 N–H and O–H groups in total. The molecule has 6 aromatic rings. The standard InChI is InChI=1S/C26H20N8O3S/c1-37-19-14-12-18(13-15-19)24-29-30-25-22-11-6-5-10-21(22)23(31-33(24)25)32-34(26-27-16-7-17-28-26)38(35,36)20-8-3-2-4-9-20/h2-17H,1H3,(H,31,32). The second-order valence-corrected chi connectivity index (χ2v) is 9.91. The van der Waals surface area contributed by atoms with Gasteiger partial charge in [-0.2, -0.15) is 12.9 Å². The normalized spacial score (nSPS) is 11.5. The van der Waals surface area contributed by atoms with Crippen molar-refractivity contribution in [1.82, 2.24) is 29.8 Å². The van der Waals surface area contributed by atoms with E-state index in [0.717, 1.165) is 15.4 Å². The van der Waals surface area contributed by atoms with Gasteiger partial charge in [0, 0.05) is 28.7 Å². The molecule has 12 heteroatoms. The number of fused-ring (bicyclic) bond motifs is 3. The minimum Gasteiger partial charge on any atom is -0.497 e. The summed E-state index contributed by atoms with van der Waals surface area (Å²) in [7, 11) is -2.53. The van der Waals surface area contributed by atoms with Crippen molar-refractivity contribution in [3.8, 4) is 17.1 Å². The van der Waals surface area contributed by atoms with Crippen LogP contribution in [0.15, 0.2) is 102 Å². The van der Waals surface area contributed by atoms with Gasteiger partial charge in [0.15, 0.2) is 17.3 Å². The second-order valence-electron chi connectivity index (χ2n) is 8.12. The maximum absolute atomic E-state index is 13.7. The molecule has 0 spiro atoms. The summed E-state index contributed by atoms with van der Waals surface area (Å²) in [6.45, 7) is 0. The van der Waals surface area contributed by atoms with Gasteiger partial charge in [-0.25, -0.2) is 9.97 Å². The van der Waals surface area contributed by atoms with E-state index in [1.54, 1.807) is 35.9 Å². The fourth-order valence-corrected chi connectivity index (χ4v) is 5.22. The lowest BCUT2D eigenvalue weighted by atomic mass is 10.2. The Kier molecular flexibility index (Phi) is 5.77. The molecule has 6 rings (SSSR count). The monoisotopic (exact) mass is 524 g/mol. The fraction of sp³-hybridized carbons (Fsp3) is 0.0385. The van der Waals surface area contributed by atoms with E-state index < -0.39 is 10.0 Å². The third-order valence-electron chi connectivity index (χ3n) is 5.83. The topological polar surface area (TPSA) is 127 Å². The molecule has 11 nitrogen and oxygen atoms in total. The van der Waals surface area contributed by atoms with E-state index in [1.807, 2.05) is 48.5 Å². The quantitative estimate of drug-likeness (QED) is 0.309. The Morgan fingerprint density at radius 2 is 1.50 bits per heavy atom. The summed E-state index contributed by atoms with van der Waals surface area (Å²) in [5, 5.41) is 14.9. The Labute approximate surface area is 217 Å². The molecule has 0 amide bonds. The van der Waals surface area contributed by atoms with Crippen molar-refractivity contribution >= 4 is 38.2 Å². The van der Waals surface area contributed by atoms with Gasteiger partial charge in [-0.3, -0.25) is 5.43 Å². The van der Waals surface area contributed by atoms with Crippen LogP contribution < -0.4 is 14.6 Å². The number of benzene rings is 3. The average Bonchev–Trinajstić information content (AvgIpc) is 3.41. The van der Waals surface area contributed by atoms with E-state index in [2.05, 4.69) is 25.6 Å². The van der Waals surface area contributed by atoms with Crippen LogP contribution in [0.1, 0.15) is 0 Å². The van der Waals surface area contributed by atoms with Crippen LogP contribution >= 0.6 is 0 Å². The summed E-state index contributed by atoms with van der Waals surface area (Å²) in [6.07, 6.45) is 2.93. The molecular formula is C26H20N8O3S. The summed E-state index contributed by atoms with van der Waals surface area (Å²) < 4.78 is 35.3. The predicted octanol–water partition coefficient (Wildman–Crippen LogP) is 3.97. The van der Waals surface area contributed by atoms with Crippen molar-refractivity contribution in [2.45, 2.75) is 4.90 Å². The largest absolute Gasteiger partial charge is 0.497 e. The van der Waals surface area contributed by atoms with E-state index in [-0.39, 0.29) is 16.7 Å². The summed E-state index contributed by atoms with van der Waals surface area (Å²) in [5.74, 6) is 1.36. The summed E-state index contributed by atoms with van der Waals surface area (Å²) in [4.78, 5) is 8.43. The number of rotatable bonds is 7. The van der Waals surface area contributed by atoms with Gasteiger partial charge in [-0.15, -0.1) is 19.7 Å². The number of aromatic nitrogens is 6. The Morgan fingerprint density at radius 1 is 0.816 bits per heavy atom. The second kappa shape index (κ2) is 9.41. The third-order valence-corrected chi connectivity index (χ3v) is 7.44. The molecular weight excluding hydrogens is 504 g/mol. The van der Waals surface area contributed by atoms with Gasteiger partial charge in [0.2, 0.25) is 0 Å². The van der Waals surface area contributed by atoms with E-state index in [1.165, 1.54) is 24.5 Å². The molecule has 0 bridgehead atoms. The number of hydrogen-bond donors (Lipinski definition) is 1. The van der Waals surface area contributed by atoms with Crippen LogP contribution in [0, 0.1) is 0 Å². The summed E-state index contributed by atoms with van der Waals surface area (Å²) in [6, 6.07) is 24.4. The van der Waals surface area contributed by atoms with Gasteiger partial charge in [0.25, 0.3) is 16.0 Å². The molecule has 0 unspecified atom stereocenters. The summed E-state index contributed by atoms with van der Waals surface area (Å²) >= 11 is 0. The van der Waals surface area contributed by atoms with Crippen molar-refractivity contribution in [1.29, 1.82) is 0 Å². The van der Waals surface area contributed by atoms with Crippen molar-refractivity contribution in [3.63, 3.8) is 0 Å². The van der Waals surface area contributed by atoms with Gasteiger partial charge < -0.3 is 4.74 Å². The van der Waals surface area contributed by atoms with Crippen molar-refractivity contribution < 1.29 is 13.2 Å². The molecule has 188 valence electrons. The first-order chi connectivity index (χ1) is 18.6. The maximum Gasteiger partial charge on any atom is 0.284 e. The molecule has 3 aromatic heterocycles. The first-order valence-electron chi connectivity index (χ1n) is 11.5. The lowest BCUT2D eigenvalue weighted by Crippen LogP contribution is -2.38. The average molecular weight is 525 g/mol. The fourth-order valence-electron chi connectivity index (χ4n) is 3.99. The molecule has 0 aliphatic heterocycles. The van der Waals surface area contributed by atoms with Crippen molar-refractivity contribution in [2.75, 3.05) is 16.9 Å². The van der Waals surface area contributed by atoms with Gasteiger partial charge in [-0.1, -0.05) is 42.5 Å². The summed E-state index contributed by atoms with van der Waals surface area (Å²) in [5.41, 5.74) is 4.24. The van der Waals surface area contributed by atoms with Gasteiger partial charge in [0.1, 0.15) is 5.75 Å². The number of anilines is 2. The SMILES string of the molecule is COc1ccc(-c2nnc3c4ccccc4c(NN(c4ncccn4)S(=O)(=O)c4ccccc4)nn23)cc1. The molecule has 0 atom stereocenters. The Balaban J connectivity index is 1.54. The third kappa shape index (κ3) is 4.02. The van der Waals surface area contributed by atoms with Crippen molar-refractivity contribution in [2.24, 2.45) is 0 Å². The first kappa shape index (κ1) is 23.3. The Bertz CT molecular complexity index is 1850. The number of hydrazine groups is 1. The van der Waals surface area contributed by atoms with Crippen LogP contribution in [0.2, 0.25) is 0 Å². The maximum atomic E-state index is 13.7. The highest BCUT2D eigenvalue weighted by atomic mass is 32.2. The van der Waals surface area contributed by atoms with Crippen LogP contribution in [0.25, 0.3) is 27.8 Å². The molecule has 0 radical (unpaired) electrons. The highest BCUT2D eigenvalue weighted by Gasteiger charge is 2.29. The number of nitrogens with one attached hydrogen (secondary N) is 1. The molecule has 3 aromatic carbocycles. The zero-order valence-corrected chi connectivity index (χ0v) is 20.8. The van der Waals surface area contributed by atoms with E-state index >= 15 is 0 Å².